The van der Waals surface area contributed by atoms with Crippen LogP contribution in [0.3, 0.4) is 0 Å². The fourth-order valence-electron chi connectivity index (χ4n) is 2.79. The Bertz CT molecular complexity index is 1290. The molecule has 2 aromatic carbocycles. The minimum absolute atomic E-state index is 0.0627. The Labute approximate surface area is 171 Å². The van der Waals surface area contributed by atoms with Gasteiger partial charge in [-0.3, -0.25) is 9.36 Å². The second kappa shape index (κ2) is 7.86. The van der Waals surface area contributed by atoms with E-state index in [9.17, 15) is 22.0 Å². The smallest absolute Gasteiger partial charge is 0.340 e. The average Bonchev–Trinajstić information content (AvgIpc) is 2.68. The van der Waals surface area contributed by atoms with E-state index >= 15 is 0 Å². The van der Waals surface area contributed by atoms with Crippen molar-refractivity contribution in [1.82, 2.24) is 9.55 Å². The summed E-state index contributed by atoms with van der Waals surface area (Å²) in [6.07, 6.45) is 0. The molecule has 0 bridgehead atoms. The molecule has 0 spiro atoms. The largest absolute Gasteiger partial charge is 0.491 e. The normalized spacial score (nSPS) is 11.4. The van der Waals surface area contributed by atoms with Gasteiger partial charge in [0.2, 0.25) is 5.88 Å². The van der Waals surface area contributed by atoms with Crippen LogP contribution in [0, 0.1) is 32.4 Å². The summed E-state index contributed by atoms with van der Waals surface area (Å²) in [5, 5.41) is 0. The van der Waals surface area contributed by atoms with Crippen LogP contribution in [0.1, 0.15) is 17.0 Å². The predicted molar refractivity (Wildman–Crippen MR) is 105 cm³/mol. The van der Waals surface area contributed by atoms with E-state index in [2.05, 4.69) is 4.98 Å². The molecule has 1 aromatic heterocycles. The number of halogens is 2. The number of aromatic nitrogens is 2. The van der Waals surface area contributed by atoms with Crippen molar-refractivity contribution in [2.24, 2.45) is 0 Å². The van der Waals surface area contributed by atoms with Gasteiger partial charge in [0.05, 0.1) is 18.4 Å². The number of aryl methyl sites for hydroxylation is 2. The van der Waals surface area contributed by atoms with Crippen LogP contribution in [-0.2, 0) is 10.1 Å². The van der Waals surface area contributed by atoms with Gasteiger partial charge in [-0.2, -0.15) is 13.4 Å². The van der Waals surface area contributed by atoms with Crippen molar-refractivity contribution in [3.63, 3.8) is 0 Å². The summed E-state index contributed by atoms with van der Waals surface area (Å²) in [6.45, 7) is 4.46. The van der Waals surface area contributed by atoms with Gasteiger partial charge in [0.15, 0.2) is 17.4 Å². The first-order chi connectivity index (χ1) is 14.1. The second-order valence-electron chi connectivity index (χ2n) is 6.49. The quantitative estimate of drug-likeness (QED) is 0.571. The van der Waals surface area contributed by atoms with Gasteiger partial charge in [-0.05, 0) is 45.0 Å². The van der Waals surface area contributed by atoms with E-state index in [0.717, 1.165) is 29.4 Å². The third-order valence-electron chi connectivity index (χ3n) is 4.40. The van der Waals surface area contributed by atoms with Crippen molar-refractivity contribution in [3.8, 4) is 17.3 Å². The third-order valence-corrected chi connectivity index (χ3v) is 5.63. The van der Waals surface area contributed by atoms with Crippen LogP contribution >= 0.6 is 0 Å². The van der Waals surface area contributed by atoms with Crippen LogP contribution in [-0.4, -0.2) is 25.1 Å². The van der Waals surface area contributed by atoms with Gasteiger partial charge in [-0.15, -0.1) is 0 Å². The zero-order chi connectivity index (χ0) is 22.2. The van der Waals surface area contributed by atoms with Crippen molar-refractivity contribution in [1.29, 1.82) is 0 Å². The molecular formula is C20H18F2N2O5S. The number of nitrogens with zero attached hydrogens (tertiary/aromatic N) is 2. The fourth-order valence-corrected chi connectivity index (χ4v) is 3.73. The van der Waals surface area contributed by atoms with Gasteiger partial charge in [0, 0.05) is 0 Å². The predicted octanol–water partition coefficient (Wildman–Crippen LogP) is 3.21. The van der Waals surface area contributed by atoms with Crippen LogP contribution in [0.25, 0.3) is 5.69 Å². The Morgan fingerprint density at radius 3 is 2.23 bits per heavy atom. The summed E-state index contributed by atoms with van der Waals surface area (Å²) < 4.78 is 64.1. The first-order valence-electron chi connectivity index (χ1n) is 8.70. The lowest BCUT2D eigenvalue weighted by molar-refractivity contribution is 0.359. The number of hydrogen-bond donors (Lipinski definition) is 0. The van der Waals surface area contributed by atoms with Crippen LogP contribution in [0.15, 0.2) is 46.1 Å². The van der Waals surface area contributed by atoms with Crippen molar-refractivity contribution in [2.75, 3.05) is 7.11 Å². The zero-order valence-electron chi connectivity index (χ0n) is 16.6. The molecule has 30 heavy (non-hydrogen) atoms. The Morgan fingerprint density at radius 1 is 1.00 bits per heavy atom. The molecule has 3 aromatic rings. The van der Waals surface area contributed by atoms with Crippen molar-refractivity contribution >= 4 is 10.1 Å². The molecule has 7 nitrogen and oxygen atoms in total. The van der Waals surface area contributed by atoms with Crippen LogP contribution in [0.4, 0.5) is 8.78 Å². The SMILES string of the molecule is COc1c(F)ccc(-n2c(C)nc(OS(=O)(=O)c3ccc(C)cc3)c(C)c2=O)c1F. The minimum atomic E-state index is -4.24. The van der Waals surface area contributed by atoms with E-state index < -0.39 is 38.9 Å². The lowest BCUT2D eigenvalue weighted by Gasteiger charge is -2.15. The maximum atomic E-state index is 14.7. The number of methoxy groups -OCH3 is 1. The Hall–Kier alpha value is -3.27. The highest BCUT2D eigenvalue weighted by atomic mass is 32.2. The monoisotopic (exact) mass is 436 g/mol. The summed E-state index contributed by atoms with van der Waals surface area (Å²) >= 11 is 0. The van der Waals surface area contributed by atoms with E-state index in [1.807, 2.05) is 0 Å². The number of hydrogen-bond acceptors (Lipinski definition) is 6. The van der Waals surface area contributed by atoms with E-state index in [1.165, 1.54) is 26.0 Å². The molecular weight excluding hydrogens is 418 g/mol. The number of ether oxygens (including phenoxy) is 1. The molecule has 1 heterocycles. The standard InChI is InChI=1S/C20H18F2N2O5S/c1-11-5-7-14(8-6-11)30(26,27)29-19-12(2)20(25)24(13(3)23-19)16-10-9-15(21)18(28-4)17(16)22/h5-10H,1-4H3. The second-order valence-corrected chi connectivity index (χ2v) is 8.04. The molecule has 0 aliphatic rings. The highest BCUT2D eigenvalue weighted by molar-refractivity contribution is 7.87. The summed E-state index contributed by atoms with van der Waals surface area (Å²) in [7, 11) is -3.15. The molecule has 0 radical (unpaired) electrons. The number of rotatable bonds is 5. The molecule has 0 saturated carbocycles. The Morgan fingerprint density at radius 2 is 1.63 bits per heavy atom. The van der Waals surface area contributed by atoms with Gasteiger partial charge < -0.3 is 8.92 Å². The van der Waals surface area contributed by atoms with Crippen molar-refractivity contribution in [2.45, 2.75) is 25.7 Å². The van der Waals surface area contributed by atoms with Crippen LogP contribution in [0.5, 0.6) is 11.6 Å². The summed E-state index contributed by atoms with van der Waals surface area (Å²) in [5.41, 5.74) is -0.374. The lowest BCUT2D eigenvalue weighted by Crippen LogP contribution is -2.27. The molecule has 0 fully saturated rings. The molecule has 0 aliphatic heterocycles. The molecule has 0 aliphatic carbocycles. The van der Waals surface area contributed by atoms with Gasteiger partial charge in [-0.1, -0.05) is 17.7 Å². The maximum Gasteiger partial charge on any atom is 0.340 e. The molecule has 158 valence electrons. The Balaban J connectivity index is 2.11. The van der Waals surface area contributed by atoms with Gasteiger partial charge >= 0.3 is 10.1 Å². The van der Waals surface area contributed by atoms with Crippen LogP contribution < -0.4 is 14.5 Å². The van der Waals surface area contributed by atoms with Crippen molar-refractivity contribution in [3.05, 3.63) is 75.3 Å². The van der Waals surface area contributed by atoms with E-state index in [4.69, 9.17) is 8.92 Å². The zero-order valence-corrected chi connectivity index (χ0v) is 17.4. The van der Waals surface area contributed by atoms with Gasteiger partial charge in [-0.25, -0.2) is 8.78 Å². The molecule has 0 N–H and O–H groups in total. The topological polar surface area (TPSA) is 87.5 Å². The third kappa shape index (κ3) is 3.78. The van der Waals surface area contributed by atoms with E-state index in [0.29, 0.717) is 0 Å². The summed E-state index contributed by atoms with van der Waals surface area (Å²) in [5.74, 6) is -3.17. The summed E-state index contributed by atoms with van der Waals surface area (Å²) in [4.78, 5) is 16.8. The van der Waals surface area contributed by atoms with E-state index in [1.54, 1.807) is 19.1 Å². The maximum absolute atomic E-state index is 14.7. The highest BCUT2D eigenvalue weighted by Gasteiger charge is 2.24. The minimum Gasteiger partial charge on any atom is -0.491 e. The summed E-state index contributed by atoms with van der Waals surface area (Å²) in [6, 6.07) is 7.95. The molecule has 0 amide bonds. The molecule has 3 rings (SSSR count). The average molecular weight is 436 g/mol. The molecule has 0 atom stereocenters. The first-order valence-corrected chi connectivity index (χ1v) is 10.1. The lowest BCUT2D eigenvalue weighted by atomic mass is 10.2. The van der Waals surface area contributed by atoms with Gasteiger partial charge in [0.25, 0.3) is 5.56 Å². The fraction of sp³-hybridized carbons (Fsp3) is 0.200. The van der Waals surface area contributed by atoms with Gasteiger partial charge in [0.1, 0.15) is 10.7 Å². The highest BCUT2D eigenvalue weighted by Crippen LogP contribution is 2.27. The molecule has 10 heteroatoms. The van der Waals surface area contributed by atoms with Crippen LogP contribution in [0.2, 0.25) is 0 Å². The first kappa shape index (κ1) is 21.4. The molecule has 0 saturated heterocycles. The Kier molecular flexibility index (Phi) is 5.62. The number of benzene rings is 2. The van der Waals surface area contributed by atoms with E-state index in [-0.39, 0.29) is 22.0 Å². The molecule has 0 unspecified atom stereocenters. The van der Waals surface area contributed by atoms with Crippen molar-refractivity contribution < 1.29 is 26.1 Å².